The highest BCUT2D eigenvalue weighted by Gasteiger charge is 2.17. The van der Waals surface area contributed by atoms with Gasteiger partial charge in [0.05, 0.1) is 12.2 Å². The number of rotatable bonds is 5. The third kappa shape index (κ3) is 3.10. The Kier molecular flexibility index (Phi) is 4.49. The van der Waals surface area contributed by atoms with Crippen molar-refractivity contribution in [3.8, 4) is 0 Å². The molecule has 0 amide bonds. The minimum Gasteiger partial charge on any atom is -0.321 e. The first-order chi connectivity index (χ1) is 9.15. The van der Waals surface area contributed by atoms with Gasteiger partial charge in [-0.05, 0) is 25.3 Å². The molecule has 19 heavy (non-hydrogen) atoms. The SMILES string of the molecule is CCn1c(SC)nnc1[C@H](N)Cc1ccc(F)cn1. The summed E-state index contributed by atoms with van der Waals surface area (Å²) >= 11 is 1.54. The Morgan fingerprint density at radius 2 is 2.21 bits per heavy atom. The van der Waals surface area contributed by atoms with Crippen molar-refractivity contribution in [3.63, 3.8) is 0 Å². The molecule has 0 saturated carbocycles. The molecule has 7 heteroatoms. The molecule has 5 nitrogen and oxygen atoms in total. The number of aromatic nitrogens is 4. The van der Waals surface area contributed by atoms with Crippen LogP contribution in [0.4, 0.5) is 4.39 Å². The normalized spacial score (nSPS) is 12.6. The van der Waals surface area contributed by atoms with Crippen LogP contribution < -0.4 is 5.73 Å². The van der Waals surface area contributed by atoms with Crippen LogP contribution in [0.1, 0.15) is 24.5 Å². The maximum absolute atomic E-state index is 12.8. The van der Waals surface area contributed by atoms with Crippen molar-refractivity contribution < 1.29 is 4.39 Å². The van der Waals surface area contributed by atoms with Gasteiger partial charge in [0.25, 0.3) is 0 Å². The van der Waals surface area contributed by atoms with Gasteiger partial charge in [-0.1, -0.05) is 11.8 Å². The first-order valence-electron chi connectivity index (χ1n) is 5.98. The fourth-order valence-electron chi connectivity index (χ4n) is 1.87. The molecule has 0 saturated heterocycles. The topological polar surface area (TPSA) is 69.6 Å². The highest BCUT2D eigenvalue weighted by Crippen LogP contribution is 2.19. The molecule has 0 bridgehead atoms. The van der Waals surface area contributed by atoms with Crippen LogP contribution in [0.25, 0.3) is 0 Å². The van der Waals surface area contributed by atoms with Crippen molar-refractivity contribution in [1.82, 2.24) is 19.7 Å². The molecule has 0 unspecified atom stereocenters. The van der Waals surface area contributed by atoms with Gasteiger partial charge in [-0.3, -0.25) is 4.98 Å². The Hall–Kier alpha value is -1.47. The fourth-order valence-corrected chi connectivity index (χ4v) is 2.43. The maximum atomic E-state index is 12.8. The number of nitrogens with two attached hydrogens (primary N) is 1. The summed E-state index contributed by atoms with van der Waals surface area (Å²) in [5, 5.41) is 9.08. The quantitative estimate of drug-likeness (QED) is 0.846. The van der Waals surface area contributed by atoms with Gasteiger partial charge >= 0.3 is 0 Å². The predicted molar refractivity (Wildman–Crippen MR) is 72.3 cm³/mol. The number of thioether (sulfide) groups is 1. The number of pyridine rings is 1. The molecule has 102 valence electrons. The van der Waals surface area contributed by atoms with Crippen LogP contribution in [-0.2, 0) is 13.0 Å². The predicted octanol–water partition coefficient (Wildman–Crippen LogP) is 1.80. The minimum absolute atomic E-state index is 0.300. The molecule has 0 aliphatic rings. The van der Waals surface area contributed by atoms with Crippen molar-refractivity contribution in [2.45, 2.75) is 31.1 Å². The molecule has 0 radical (unpaired) electrons. The summed E-state index contributed by atoms with van der Waals surface area (Å²) in [7, 11) is 0. The van der Waals surface area contributed by atoms with E-state index >= 15 is 0 Å². The standard InChI is InChI=1S/C12H16FN5S/c1-3-18-11(16-17-12(18)19-2)10(14)6-9-5-4-8(13)7-15-9/h4-5,7,10H,3,6,14H2,1-2H3/t10-/m1/s1. The molecule has 2 aromatic rings. The number of halogens is 1. The highest BCUT2D eigenvalue weighted by molar-refractivity contribution is 7.98. The van der Waals surface area contributed by atoms with Gasteiger partial charge in [0.1, 0.15) is 5.82 Å². The van der Waals surface area contributed by atoms with Crippen molar-refractivity contribution in [3.05, 3.63) is 35.7 Å². The van der Waals surface area contributed by atoms with E-state index in [1.807, 2.05) is 17.7 Å². The van der Waals surface area contributed by atoms with E-state index in [1.165, 1.54) is 24.0 Å². The van der Waals surface area contributed by atoms with Gasteiger partial charge in [-0.2, -0.15) is 0 Å². The van der Waals surface area contributed by atoms with Gasteiger partial charge in [-0.25, -0.2) is 4.39 Å². The van der Waals surface area contributed by atoms with Crippen LogP contribution >= 0.6 is 11.8 Å². The molecule has 2 heterocycles. The molecular weight excluding hydrogens is 265 g/mol. The van der Waals surface area contributed by atoms with Gasteiger partial charge in [-0.15, -0.1) is 10.2 Å². The summed E-state index contributed by atoms with van der Waals surface area (Å²) in [5.41, 5.74) is 6.88. The van der Waals surface area contributed by atoms with E-state index in [0.717, 1.165) is 23.2 Å². The number of hydrogen-bond acceptors (Lipinski definition) is 5. The van der Waals surface area contributed by atoms with Gasteiger partial charge in [0.15, 0.2) is 11.0 Å². The van der Waals surface area contributed by atoms with Crippen LogP contribution in [0, 0.1) is 5.82 Å². The largest absolute Gasteiger partial charge is 0.321 e. The smallest absolute Gasteiger partial charge is 0.190 e. The molecule has 2 N–H and O–H groups in total. The summed E-state index contributed by atoms with van der Waals surface area (Å²) in [6.07, 6.45) is 3.65. The van der Waals surface area contributed by atoms with E-state index in [0.29, 0.717) is 6.42 Å². The molecular formula is C12H16FN5S. The van der Waals surface area contributed by atoms with E-state index in [2.05, 4.69) is 15.2 Å². The lowest BCUT2D eigenvalue weighted by Crippen LogP contribution is -2.19. The summed E-state index contributed by atoms with van der Waals surface area (Å²) in [6, 6.07) is 2.72. The third-order valence-electron chi connectivity index (χ3n) is 2.79. The lowest BCUT2D eigenvalue weighted by molar-refractivity contribution is 0.569. The summed E-state index contributed by atoms with van der Waals surface area (Å²) in [4.78, 5) is 4.01. The Balaban J connectivity index is 2.17. The van der Waals surface area contributed by atoms with Crippen molar-refractivity contribution in [1.29, 1.82) is 0 Å². The monoisotopic (exact) mass is 281 g/mol. The van der Waals surface area contributed by atoms with Crippen LogP contribution in [0.5, 0.6) is 0 Å². The molecule has 0 aliphatic carbocycles. The Morgan fingerprint density at radius 3 is 2.79 bits per heavy atom. The average molecular weight is 281 g/mol. The van der Waals surface area contributed by atoms with Gasteiger partial charge < -0.3 is 10.3 Å². The number of hydrogen-bond donors (Lipinski definition) is 1. The van der Waals surface area contributed by atoms with E-state index in [4.69, 9.17) is 5.73 Å². The van der Waals surface area contributed by atoms with Gasteiger partial charge in [0, 0.05) is 18.7 Å². The van der Waals surface area contributed by atoms with E-state index in [9.17, 15) is 4.39 Å². The van der Waals surface area contributed by atoms with Crippen LogP contribution in [0.15, 0.2) is 23.5 Å². The van der Waals surface area contributed by atoms with Crippen LogP contribution in [-0.4, -0.2) is 26.0 Å². The lowest BCUT2D eigenvalue weighted by Gasteiger charge is -2.12. The Labute approximate surface area is 115 Å². The minimum atomic E-state index is -0.348. The maximum Gasteiger partial charge on any atom is 0.190 e. The summed E-state index contributed by atoms with van der Waals surface area (Å²) < 4.78 is 14.8. The van der Waals surface area contributed by atoms with Crippen molar-refractivity contribution in [2.75, 3.05) is 6.26 Å². The first kappa shape index (κ1) is 14.0. The van der Waals surface area contributed by atoms with Gasteiger partial charge in [0.2, 0.25) is 0 Å². The average Bonchev–Trinajstić information content (AvgIpc) is 2.84. The summed E-state index contributed by atoms with van der Waals surface area (Å²) in [5.74, 6) is 0.386. The van der Waals surface area contributed by atoms with Crippen LogP contribution in [0.2, 0.25) is 0 Å². The molecule has 0 fully saturated rings. The third-order valence-corrected chi connectivity index (χ3v) is 3.46. The second-order valence-electron chi connectivity index (χ2n) is 4.07. The summed E-state index contributed by atoms with van der Waals surface area (Å²) in [6.45, 7) is 2.79. The molecule has 1 atom stereocenters. The lowest BCUT2D eigenvalue weighted by atomic mass is 10.1. The molecule has 0 aromatic carbocycles. The van der Waals surface area contributed by atoms with E-state index in [-0.39, 0.29) is 11.9 Å². The van der Waals surface area contributed by atoms with Crippen molar-refractivity contribution in [2.24, 2.45) is 5.73 Å². The zero-order valence-electron chi connectivity index (χ0n) is 10.9. The Morgan fingerprint density at radius 1 is 1.42 bits per heavy atom. The number of nitrogens with zero attached hydrogens (tertiary/aromatic N) is 4. The second kappa shape index (κ2) is 6.12. The van der Waals surface area contributed by atoms with Crippen molar-refractivity contribution >= 4 is 11.8 Å². The zero-order valence-corrected chi connectivity index (χ0v) is 11.7. The molecule has 0 spiro atoms. The van der Waals surface area contributed by atoms with E-state index in [1.54, 1.807) is 6.07 Å². The molecule has 0 aliphatic heterocycles. The molecule has 2 aromatic heterocycles. The Bertz CT molecular complexity index is 540. The zero-order chi connectivity index (χ0) is 13.8. The molecule has 2 rings (SSSR count). The van der Waals surface area contributed by atoms with Crippen LogP contribution in [0.3, 0.4) is 0 Å². The highest BCUT2D eigenvalue weighted by atomic mass is 32.2. The van der Waals surface area contributed by atoms with E-state index < -0.39 is 0 Å². The first-order valence-corrected chi connectivity index (χ1v) is 7.21. The fraction of sp³-hybridized carbons (Fsp3) is 0.417. The second-order valence-corrected chi connectivity index (χ2v) is 4.84.